The van der Waals surface area contributed by atoms with E-state index in [0.29, 0.717) is 19.0 Å². The van der Waals surface area contributed by atoms with Gasteiger partial charge in [-0.15, -0.1) is 0 Å². The van der Waals surface area contributed by atoms with Gasteiger partial charge >= 0.3 is 6.09 Å². The molecular weight excluding hydrogens is 260 g/mol. The van der Waals surface area contributed by atoms with Crippen molar-refractivity contribution < 1.29 is 14.6 Å². The highest BCUT2D eigenvalue weighted by Crippen LogP contribution is 2.26. The number of nitrogens with one attached hydrogen (secondary N) is 1. The lowest BCUT2D eigenvalue weighted by Gasteiger charge is -2.36. The minimum atomic E-state index is -0.912. The molecule has 2 N–H and O–H groups in total. The first-order valence-corrected chi connectivity index (χ1v) is 6.59. The minimum Gasteiger partial charge on any atom is -0.469 e. The highest BCUT2D eigenvalue weighted by Gasteiger charge is 2.33. The molecule has 1 aromatic rings. The standard InChI is InChI=1S/C13H16N4O3/c18-13(19)17-7-10(8-17)20-12-11(15-5-6-16-12)9-1-3-14-4-2-9/h1,5-6,10,14H,2-4,7-8H2,(H,18,19). The Kier molecular flexibility index (Phi) is 3.51. The Bertz CT molecular complexity index is 540. The highest BCUT2D eigenvalue weighted by molar-refractivity contribution is 5.67. The molecule has 1 amide bonds. The summed E-state index contributed by atoms with van der Waals surface area (Å²) >= 11 is 0. The van der Waals surface area contributed by atoms with Gasteiger partial charge in [-0.2, -0.15) is 0 Å². The summed E-state index contributed by atoms with van der Waals surface area (Å²) in [6.45, 7) is 2.50. The summed E-state index contributed by atoms with van der Waals surface area (Å²) in [6, 6.07) is 0. The van der Waals surface area contributed by atoms with Gasteiger partial charge in [-0.1, -0.05) is 6.08 Å². The number of carboxylic acid groups (broad SMARTS) is 1. The van der Waals surface area contributed by atoms with Crippen molar-refractivity contribution in [2.45, 2.75) is 12.5 Å². The molecule has 106 valence electrons. The molecule has 3 heterocycles. The van der Waals surface area contributed by atoms with Crippen molar-refractivity contribution in [3.05, 3.63) is 24.2 Å². The van der Waals surface area contributed by atoms with Gasteiger partial charge < -0.3 is 20.1 Å². The minimum absolute atomic E-state index is 0.135. The molecule has 20 heavy (non-hydrogen) atoms. The number of aromatic nitrogens is 2. The SMILES string of the molecule is O=C(O)N1CC(Oc2nccnc2C2=CCNCC2)C1. The molecule has 0 saturated carbocycles. The molecule has 1 fully saturated rings. The van der Waals surface area contributed by atoms with Gasteiger partial charge in [0.1, 0.15) is 11.8 Å². The van der Waals surface area contributed by atoms with Gasteiger partial charge in [-0.25, -0.2) is 14.8 Å². The average Bonchev–Trinajstić information content (AvgIpc) is 2.43. The Morgan fingerprint density at radius 3 is 2.90 bits per heavy atom. The van der Waals surface area contributed by atoms with E-state index >= 15 is 0 Å². The molecule has 1 saturated heterocycles. The number of nitrogens with zero attached hydrogens (tertiary/aromatic N) is 3. The third kappa shape index (κ3) is 2.57. The first-order valence-electron chi connectivity index (χ1n) is 6.59. The second kappa shape index (κ2) is 5.46. The maximum absolute atomic E-state index is 10.7. The molecule has 0 bridgehead atoms. The molecular formula is C13H16N4O3. The van der Waals surface area contributed by atoms with Crippen LogP contribution in [-0.4, -0.2) is 58.4 Å². The molecule has 7 heteroatoms. The molecule has 2 aliphatic rings. The van der Waals surface area contributed by atoms with E-state index in [1.54, 1.807) is 12.4 Å². The lowest BCUT2D eigenvalue weighted by molar-refractivity contribution is 0.0223. The van der Waals surface area contributed by atoms with Gasteiger partial charge in [-0.05, 0) is 18.5 Å². The Hall–Kier alpha value is -2.15. The number of ether oxygens (including phenoxy) is 1. The van der Waals surface area contributed by atoms with Crippen molar-refractivity contribution in [2.75, 3.05) is 26.2 Å². The van der Waals surface area contributed by atoms with Crippen LogP contribution in [-0.2, 0) is 0 Å². The number of hydrogen-bond donors (Lipinski definition) is 2. The van der Waals surface area contributed by atoms with Crippen LogP contribution in [0.1, 0.15) is 12.1 Å². The van der Waals surface area contributed by atoms with Crippen LogP contribution in [0.25, 0.3) is 5.57 Å². The van der Waals surface area contributed by atoms with Gasteiger partial charge in [0.15, 0.2) is 0 Å². The fourth-order valence-corrected chi connectivity index (χ4v) is 2.30. The maximum atomic E-state index is 10.7. The van der Waals surface area contributed by atoms with Crippen LogP contribution in [0.4, 0.5) is 4.79 Å². The summed E-state index contributed by atoms with van der Waals surface area (Å²) in [7, 11) is 0. The van der Waals surface area contributed by atoms with Gasteiger partial charge in [-0.3, -0.25) is 0 Å². The van der Waals surface area contributed by atoms with Gasteiger partial charge in [0, 0.05) is 18.9 Å². The van der Waals surface area contributed by atoms with Crippen LogP contribution in [0.2, 0.25) is 0 Å². The number of carbonyl (C=O) groups is 1. The van der Waals surface area contributed by atoms with Crippen LogP contribution in [0.5, 0.6) is 5.88 Å². The molecule has 0 radical (unpaired) electrons. The first-order chi connectivity index (χ1) is 9.74. The summed E-state index contributed by atoms with van der Waals surface area (Å²) in [6.07, 6.45) is 5.17. The quantitative estimate of drug-likeness (QED) is 0.840. The molecule has 1 aromatic heterocycles. The topological polar surface area (TPSA) is 87.6 Å². The Balaban J connectivity index is 1.71. The van der Waals surface area contributed by atoms with E-state index in [4.69, 9.17) is 9.84 Å². The summed E-state index contributed by atoms with van der Waals surface area (Å²) in [5.41, 5.74) is 1.89. The summed E-state index contributed by atoms with van der Waals surface area (Å²) in [5, 5.41) is 12.0. The van der Waals surface area contributed by atoms with Crippen LogP contribution >= 0.6 is 0 Å². The third-order valence-corrected chi connectivity index (χ3v) is 3.43. The van der Waals surface area contributed by atoms with Crippen molar-refractivity contribution >= 4 is 11.7 Å². The van der Waals surface area contributed by atoms with E-state index in [9.17, 15) is 4.79 Å². The number of rotatable bonds is 3. The zero-order valence-electron chi connectivity index (χ0n) is 11.0. The largest absolute Gasteiger partial charge is 0.469 e. The molecule has 0 atom stereocenters. The zero-order chi connectivity index (χ0) is 13.9. The van der Waals surface area contributed by atoms with Gasteiger partial charge in [0.25, 0.3) is 0 Å². The van der Waals surface area contributed by atoms with Gasteiger partial charge in [0.05, 0.1) is 13.1 Å². The summed E-state index contributed by atoms with van der Waals surface area (Å²) in [5.74, 6) is 0.496. The van der Waals surface area contributed by atoms with Crippen molar-refractivity contribution in [2.24, 2.45) is 0 Å². The van der Waals surface area contributed by atoms with E-state index < -0.39 is 6.09 Å². The predicted octanol–water partition coefficient (Wildman–Crippen LogP) is 0.594. The van der Waals surface area contributed by atoms with E-state index in [1.165, 1.54) is 4.90 Å². The monoisotopic (exact) mass is 276 g/mol. The Morgan fingerprint density at radius 2 is 2.20 bits per heavy atom. The fourth-order valence-electron chi connectivity index (χ4n) is 2.30. The number of hydrogen-bond acceptors (Lipinski definition) is 5. The van der Waals surface area contributed by atoms with E-state index in [2.05, 4.69) is 21.4 Å². The Labute approximate surface area is 116 Å². The van der Waals surface area contributed by atoms with Crippen molar-refractivity contribution in [1.29, 1.82) is 0 Å². The smallest absolute Gasteiger partial charge is 0.407 e. The third-order valence-electron chi connectivity index (χ3n) is 3.43. The lowest BCUT2D eigenvalue weighted by atomic mass is 10.1. The van der Waals surface area contributed by atoms with E-state index in [1.807, 2.05) is 0 Å². The van der Waals surface area contributed by atoms with E-state index in [0.717, 1.165) is 30.8 Å². The number of likely N-dealkylation sites (tertiary alicyclic amines) is 1. The second-order valence-corrected chi connectivity index (χ2v) is 4.82. The first kappa shape index (κ1) is 12.9. The number of amides is 1. The second-order valence-electron chi connectivity index (χ2n) is 4.82. The van der Waals surface area contributed by atoms with Crippen LogP contribution in [0, 0.1) is 0 Å². The van der Waals surface area contributed by atoms with Crippen molar-refractivity contribution in [1.82, 2.24) is 20.2 Å². The molecule has 0 aliphatic carbocycles. The zero-order valence-corrected chi connectivity index (χ0v) is 11.0. The predicted molar refractivity (Wildman–Crippen MR) is 71.5 cm³/mol. The fraction of sp³-hybridized carbons (Fsp3) is 0.462. The normalized spacial score (nSPS) is 19.2. The molecule has 0 unspecified atom stereocenters. The van der Waals surface area contributed by atoms with E-state index in [-0.39, 0.29) is 6.10 Å². The van der Waals surface area contributed by atoms with Crippen LogP contribution in [0.3, 0.4) is 0 Å². The average molecular weight is 276 g/mol. The molecule has 7 nitrogen and oxygen atoms in total. The molecule has 0 aromatic carbocycles. The van der Waals surface area contributed by atoms with Crippen LogP contribution in [0.15, 0.2) is 18.5 Å². The van der Waals surface area contributed by atoms with Crippen molar-refractivity contribution in [3.63, 3.8) is 0 Å². The molecule has 3 rings (SSSR count). The van der Waals surface area contributed by atoms with Gasteiger partial charge in [0.2, 0.25) is 5.88 Å². The Morgan fingerprint density at radius 1 is 1.40 bits per heavy atom. The lowest BCUT2D eigenvalue weighted by Crippen LogP contribution is -2.55. The van der Waals surface area contributed by atoms with Crippen molar-refractivity contribution in [3.8, 4) is 5.88 Å². The molecule has 0 spiro atoms. The van der Waals surface area contributed by atoms with Crippen LogP contribution < -0.4 is 10.1 Å². The molecule has 2 aliphatic heterocycles. The maximum Gasteiger partial charge on any atom is 0.407 e. The summed E-state index contributed by atoms with van der Waals surface area (Å²) in [4.78, 5) is 20.6. The highest BCUT2D eigenvalue weighted by atomic mass is 16.5. The summed E-state index contributed by atoms with van der Waals surface area (Å²) < 4.78 is 5.78.